The Bertz CT molecular complexity index is 321. The Morgan fingerprint density at radius 3 is 2.41 bits per heavy atom. The molecule has 0 aliphatic heterocycles. The summed E-state index contributed by atoms with van der Waals surface area (Å²) in [5, 5.41) is 9.70. The standard InChI is InChI=1S/C14H24N2O/c1-5-9-16(11(3)4)12-7-8-13(15-10-12)14(17)6-2/h7-8,10-11,14,17H,5-6,9H2,1-4H3. The van der Waals surface area contributed by atoms with Gasteiger partial charge in [0.05, 0.1) is 23.7 Å². The lowest BCUT2D eigenvalue weighted by Crippen LogP contribution is -2.31. The highest BCUT2D eigenvalue weighted by Gasteiger charge is 2.11. The SMILES string of the molecule is CCCN(c1ccc(C(O)CC)nc1)C(C)C. The zero-order valence-corrected chi connectivity index (χ0v) is 11.3. The third kappa shape index (κ3) is 3.70. The van der Waals surface area contributed by atoms with E-state index < -0.39 is 6.10 Å². The molecule has 0 saturated heterocycles. The lowest BCUT2D eigenvalue weighted by Gasteiger charge is -2.28. The van der Waals surface area contributed by atoms with Crippen molar-refractivity contribution in [2.45, 2.75) is 52.7 Å². The highest BCUT2D eigenvalue weighted by molar-refractivity contribution is 5.45. The molecule has 1 atom stereocenters. The van der Waals surface area contributed by atoms with Crippen molar-refractivity contribution >= 4 is 5.69 Å². The molecule has 96 valence electrons. The third-order valence-corrected chi connectivity index (χ3v) is 2.92. The van der Waals surface area contributed by atoms with Crippen molar-refractivity contribution in [3.63, 3.8) is 0 Å². The molecule has 1 aromatic rings. The number of aromatic nitrogens is 1. The predicted molar refractivity (Wildman–Crippen MR) is 72.3 cm³/mol. The van der Waals surface area contributed by atoms with Gasteiger partial charge >= 0.3 is 0 Å². The van der Waals surface area contributed by atoms with Crippen LogP contribution in [0.25, 0.3) is 0 Å². The first kappa shape index (κ1) is 14.0. The summed E-state index contributed by atoms with van der Waals surface area (Å²) in [6, 6.07) is 4.45. The van der Waals surface area contributed by atoms with E-state index in [0.29, 0.717) is 12.5 Å². The molecule has 0 bridgehead atoms. The Balaban J connectivity index is 2.84. The van der Waals surface area contributed by atoms with E-state index in [9.17, 15) is 5.11 Å². The lowest BCUT2D eigenvalue weighted by atomic mass is 10.1. The monoisotopic (exact) mass is 236 g/mol. The molecule has 0 spiro atoms. The maximum Gasteiger partial charge on any atom is 0.0957 e. The highest BCUT2D eigenvalue weighted by atomic mass is 16.3. The molecule has 0 aliphatic carbocycles. The molecule has 3 heteroatoms. The average Bonchev–Trinajstić information content (AvgIpc) is 2.35. The van der Waals surface area contributed by atoms with Crippen LogP contribution in [-0.2, 0) is 0 Å². The minimum absolute atomic E-state index is 0.442. The van der Waals surface area contributed by atoms with Crippen LogP contribution < -0.4 is 4.90 Å². The van der Waals surface area contributed by atoms with Gasteiger partial charge in [-0.15, -0.1) is 0 Å². The van der Waals surface area contributed by atoms with Crippen molar-refractivity contribution in [1.82, 2.24) is 4.98 Å². The zero-order valence-electron chi connectivity index (χ0n) is 11.3. The molecule has 0 aromatic carbocycles. The number of rotatable bonds is 6. The molecule has 0 aliphatic rings. The van der Waals surface area contributed by atoms with Crippen molar-refractivity contribution in [3.8, 4) is 0 Å². The zero-order chi connectivity index (χ0) is 12.8. The first-order valence-electron chi connectivity index (χ1n) is 6.50. The second-order valence-corrected chi connectivity index (χ2v) is 4.65. The number of hydrogen-bond donors (Lipinski definition) is 1. The molecule has 3 nitrogen and oxygen atoms in total. The first-order valence-corrected chi connectivity index (χ1v) is 6.50. The van der Waals surface area contributed by atoms with Gasteiger partial charge < -0.3 is 10.0 Å². The van der Waals surface area contributed by atoms with Crippen LogP contribution in [0.2, 0.25) is 0 Å². The van der Waals surface area contributed by atoms with Gasteiger partial charge in [0.25, 0.3) is 0 Å². The van der Waals surface area contributed by atoms with Gasteiger partial charge in [-0.25, -0.2) is 0 Å². The summed E-state index contributed by atoms with van der Waals surface area (Å²) in [6.45, 7) is 9.54. The Morgan fingerprint density at radius 2 is 2.00 bits per heavy atom. The molecular weight excluding hydrogens is 212 g/mol. The molecule has 0 radical (unpaired) electrons. The molecule has 1 unspecified atom stereocenters. The normalized spacial score (nSPS) is 12.8. The van der Waals surface area contributed by atoms with E-state index >= 15 is 0 Å². The van der Waals surface area contributed by atoms with Crippen LogP contribution >= 0.6 is 0 Å². The van der Waals surface area contributed by atoms with Crippen LogP contribution in [0, 0.1) is 0 Å². The maximum absolute atomic E-state index is 9.70. The van der Waals surface area contributed by atoms with Crippen LogP contribution in [0.4, 0.5) is 5.69 Å². The Kier molecular flexibility index (Phi) is 5.42. The van der Waals surface area contributed by atoms with Crippen LogP contribution in [0.15, 0.2) is 18.3 Å². The minimum Gasteiger partial charge on any atom is -0.387 e. The quantitative estimate of drug-likeness (QED) is 0.824. The molecule has 1 aromatic heterocycles. The van der Waals surface area contributed by atoms with Gasteiger partial charge in [0, 0.05) is 12.6 Å². The molecule has 1 N–H and O–H groups in total. The van der Waals surface area contributed by atoms with E-state index in [4.69, 9.17) is 0 Å². The minimum atomic E-state index is -0.442. The Hall–Kier alpha value is -1.09. The van der Waals surface area contributed by atoms with Crippen molar-refractivity contribution < 1.29 is 5.11 Å². The second kappa shape index (κ2) is 6.60. The fourth-order valence-corrected chi connectivity index (χ4v) is 1.90. The van der Waals surface area contributed by atoms with Crippen molar-refractivity contribution in [1.29, 1.82) is 0 Å². The molecule has 1 rings (SSSR count). The van der Waals surface area contributed by atoms with Gasteiger partial charge in [0.15, 0.2) is 0 Å². The fourth-order valence-electron chi connectivity index (χ4n) is 1.90. The van der Waals surface area contributed by atoms with E-state index in [0.717, 1.165) is 24.3 Å². The van der Waals surface area contributed by atoms with E-state index in [1.807, 2.05) is 19.2 Å². The van der Waals surface area contributed by atoms with Crippen molar-refractivity contribution in [2.75, 3.05) is 11.4 Å². The van der Waals surface area contributed by atoms with E-state index in [2.05, 4.69) is 36.7 Å². The van der Waals surface area contributed by atoms with Crippen molar-refractivity contribution in [3.05, 3.63) is 24.0 Å². The average molecular weight is 236 g/mol. The molecule has 0 saturated carbocycles. The van der Waals surface area contributed by atoms with Gasteiger partial charge in [0.2, 0.25) is 0 Å². The van der Waals surface area contributed by atoms with Crippen LogP contribution in [0.3, 0.4) is 0 Å². The summed E-state index contributed by atoms with van der Waals surface area (Å²) in [6.07, 6.45) is 3.25. The van der Waals surface area contributed by atoms with Gasteiger partial charge in [-0.2, -0.15) is 0 Å². The summed E-state index contributed by atoms with van der Waals surface area (Å²) < 4.78 is 0. The van der Waals surface area contributed by atoms with Gasteiger partial charge in [-0.05, 0) is 38.8 Å². The topological polar surface area (TPSA) is 36.4 Å². The fraction of sp³-hybridized carbons (Fsp3) is 0.643. The number of anilines is 1. The first-order chi connectivity index (χ1) is 8.10. The number of aliphatic hydroxyl groups excluding tert-OH is 1. The Labute approximate surface area is 104 Å². The van der Waals surface area contributed by atoms with Crippen LogP contribution in [0.1, 0.15) is 52.3 Å². The largest absolute Gasteiger partial charge is 0.387 e. The van der Waals surface area contributed by atoms with Crippen molar-refractivity contribution in [2.24, 2.45) is 0 Å². The smallest absolute Gasteiger partial charge is 0.0957 e. The van der Waals surface area contributed by atoms with E-state index in [1.165, 1.54) is 0 Å². The van der Waals surface area contributed by atoms with Gasteiger partial charge in [0.1, 0.15) is 0 Å². The molecule has 17 heavy (non-hydrogen) atoms. The molecule has 0 fully saturated rings. The summed E-state index contributed by atoms with van der Waals surface area (Å²) in [5.74, 6) is 0. The predicted octanol–water partition coefficient (Wildman–Crippen LogP) is 3.15. The van der Waals surface area contributed by atoms with Gasteiger partial charge in [-0.1, -0.05) is 13.8 Å². The Morgan fingerprint density at radius 1 is 1.29 bits per heavy atom. The summed E-state index contributed by atoms with van der Waals surface area (Å²) in [4.78, 5) is 6.67. The lowest BCUT2D eigenvalue weighted by molar-refractivity contribution is 0.169. The van der Waals surface area contributed by atoms with E-state index in [-0.39, 0.29) is 0 Å². The number of hydrogen-bond acceptors (Lipinski definition) is 3. The van der Waals surface area contributed by atoms with Gasteiger partial charge in [-0.3, -0.25) is 4.98 Å². The number of aliphatic hydroxyl groups is 1. The van der Waals surface area contributed by atoms with Crippen LogP contribution in [-0.4, -0.2) is 22.7 Å². The second-order valence-electron chi connectivity index (χ2n) is 4.65. The number of pyridine rings is 1. The van der Waals surface area contributed by atoms with E-state index in [1.54, 1.807) is 0 Å². The molecular formula is C14H24N2O. The number of nitrogens with zero attached hydrogens (tertiary/aromatic N) is 2. The third-order valence-electron chi connectivity index (χ3n) is 2.92. The summed E-state index contributed by atoms with van der Waals surface area (Å²) >= 11 is 0. The molecule has 1 heterocycles. The summed E-state index contributed by atoms with van der Waals surface area (Å²) in [5.41, 5.74) is 1.89. The molecule has 0 amide bonds. The maximum atomic E-state index is 9.70. The highest BCUT2D eigenvalue weighted by Crippen LogP contribution is 2.20. The summed E-state index contributed by atoms with van der Waals surface area (Å²) in [7, 11) is 0. The van der Waals surface area contributed by atoms with Crippen LogP contribution in [0.5, 0.6) is 0 Å².